The van der Waals surface area contributed by atoms with E-state index in [0.717, 1.165) is 0 Å². The van der Waals surface area contributed by atoms with Crippen molar-refractivity contribution in [1.29, 1.82) is 0 Å². The quantitative estimate of drug-likeness (QED) is 0.549. The number of benzene rings is 1. The number of aromatic hydroxyl groups is 1. The van der Waals surface area contributed by atoms with Crippen LogP contribution >= 0.6 is 12.2 Å². The minimum absolute atomic E-state index is 0.155. The molecule has 5 nitrogen and oxygen atoms in total. The number of phenolic OH excluding ortho intramolecular Hbond substituents is 1. The fraction of sp³-hybridized carbons (Fsp3) is 0.100. The molecule has 3 N–H and O–H groups in total. The first kappa shape index (κ1) is 10.6. The van der Waals surface area contributed by atoms with Gasteiger partial charge in [-0.05, 0) is 31.3 Å². The zero-order chi connectivity index (χ0) is 11.5. The number of nitrogens with zero attached hydrogens (tertiary/aromatic N) is 2. The summed E-state index contributed by atoms with van der Waals surface area (Å²) in [6.45, 7) is 1.79. The van der Waals surface area contributed by atoms with Crippen LogP contribution in [0.15, 0.2) is 24.3 Å². The Labute approximate surface area is 97.2 Å². The van der Waals surface area contributed by atoms with Crippen molar-refractivity contribution in [3.63, 3.8) is 0 Å². The van der Waals surface area contributed by atoms with Crippen LogP contribution in [0.3, 0.4) is 0 Å². The van der Waals surface area contributed by atoms with Gasteiger partial charge in [-0.2, -0.15) is 10.1 Å². The van der Waals surface area contributed by atoms with E-state index in [2.05, 4.69) is 20.5 Å². The molecule has 0 saturated heterocycles. The van der Waals surface area contributed by atoms with Gasteiger partial charge in [-0.1, -0.05) is 12.1 Å². The summed E-state index contributed by atoms with van der Waals surface area (Å²) in [6, 6.07) is 6.90. The number of anilines is 2. The molecule has 0 aliphatic heterocycles. The summed E-state index contributed by atoms with van der Waals surface area (Å²) < 4.78 is 0.295. The van der Waals surface area contributed by atoms with Crippen LogP contribution in [0.5, 0.6) is 5.75 Å². The Hall–Kier alpha value is -1.95. The van der Waals surface area contributed by atoms with Gasteiger partial charge in [0.15, 0.2) is 5.82 Å². The van der Waals surface area contributed by atoms with Gasteiger partial charge in [-0.25, -0.2) is 0 Å². The van der Waals surface area contributed by atoms with Crippen molar-refractivity contribution >= 4 is 23.7 Å². The van der Waals surface area contributed by atoms with Crippen LogP contribution < -0.4 is 5.32 Å². The summed E-state index contributed by atoms with van der Waals surface area (Å²) in [7, 11) is 0. The summed E-state index contributed by atoms with van der Waals surface area (Å²) in [5.41, 5.74) is 1.25. The van der Waals surface area contributed by atoms with Crippen molar-refractivity contribution < 1.29 is 5.11 Å². The second-order valence-electron chi connectivity index (χ2n) is 3.22. The van der Waals surface area contributed by atoms with Crippen molar-refractivity contribution in [2.45, 2.75) is 6.92 Å². The molecule has 16 heavy (non-hydrogen) atoms. The topological polar surface area (TPSA) is 73.8 Å². The molecule has 0 saturated carbocycles. The van der Waals surface area contributed by atoms with Gasteiger partial charge in [0.2, 0.25) is 4.77 Å². The maximum absolute atomic E-state index is 9.59. The Morgan fingerprint density at radius 2 is 2.12 bits per heavy atom. The number of phenols is 1. The fourth-order valence-electron chi connectivity index (χ4n) is 1.22. The van der Waals surface area contributed by atoms with Gasteiger partial charge in [-0.3, -0.25) is 5.10 Å². The molecular formula is C10H10N4OS. The van der Waals surface area contributed by atoms with E-state index in [9.17, 15) is 5.11 Å². The lowest BCUT2D eigenvalue weighted by atomic mass is 10.3. The normalized spacial score (nSPS) is 10.1. The number of hydrogen-bond donors (Lipinski definition) is 3. The molecule has 0 unspecified atom stereocenters. The molecule has 0 bridgehead atoms. The van der Waals surface area contributed by atoms with Gasteiger partial charge < -0.3 is 10.4 Å². The van der Waals surface area contributed by atoms with Gasteiger partial charge >= 0.3 is 0 Å². The minimum Gasteiger partial charge on any atom is -0.506 e. The van der Waals surface area contributed by atoms with Crippen LogP contribution in [0.1, 0.15) is 5.69 Å². The van der Waals surface area contributed by atoms with E-state index >= 15 is 0 Å². The third-order valence-electron chi connectivity index (χ3n) is 2.03. The Morgan fingerprint density at radius 3 is 2.88 bits per heavy atom. The molecule has 1 aromatic carbocycles. The summed E-state index contributed by atoms with van der Waals surface area (Å²) in [5.74, 6) is 0.688. The van der Waals surface area contributed by atoms with Crippen LogP contribution in [0, 0.1) is 11.7 Å². The van der Waals surface area contributed by atoms with E-state index in [1.807, 2.05) is 6.07 Å². The third kappa shape index (κ3) is 2.17. The molecule has 2 aromatic rings. The van der Waals surface area contributed by atoms with Gasteiger partial charge in [0, 0.05) is 0 Å². The summed E-state index contributed by atoms with van der Waals surface area (Å²) in [4.78, 5) is 4.08. The smallest absolute Gasteiger partial charge is 0.215 e. The number of aromatic nitrogens is 3. The Bertz CT molecular complexity index is 567. The second-order valence-corrected chi connectivity index (χ2v) is 3.60. The zero-order valence-corrected chi connectivity index (χ0v) is 9.38. The van der Waals surface area contributed by atoms with E-state index in [4.69, 9.17) is 12.2 Å². The van der Waals surface area contributed by atoms with Crippen LogP contribution in [0.4, 0.5) is 11.5 Å². The minimum atomic E-state index is 0.155. The maximum atomic E-state index is 9.59. The molecule has 82 valence electrons. The molecule has 0 aliphatic carbocycles. The van der Waals surface area contributed by atoms with Crippen molar-refractivity contribution in [2.75, 3.05) is 5.32 Å². The van der Waals surface area contributed by atoms with E-state index in [1.165, 1.54) is 0 Å². The molecular weight excluding hydrogens is 224 g/mol. The molecule has 0 aliphatic rings. The average Bonchev–Trinajstić information content (AvgIpc) is 2.27. The van der Waals surface area contributed by atoms with Gasteiger partial charge in [0.25, 0.3) is 0 Å². The summed E-state index contributed by atoms with van der Waals surface area (Å²) >= 11 is 4.88. The lowest BCUT2D eigenvalue weighted by Crippen LogP contribution is -2.01. The molecule has 6 heteroatoms. The fourth-order valence-corrected chi connectivity index (χ4v) is 1.35. The Kier molecular flexibility index (Phi) is 2.82. The monoisotopic (exact) mass is 234 g/mol. The summed E-state index contributed by atoms with van der Waals surface area (Å²) in [5, 5.41) is 19.1. The standard InChI is InChI=1S/C10H10N4OS/c1-6-9(12-10(16)14-13-6)11-7-4-2-3-5-8(7)15/h2-5,15H,1H3,(H2,11,12,14,16). The molecule has 2 rings (SSSR count). The highest BCUT2D eigenvalue weighted by Gasteiger charge is 2.04. The van der Waals surface area contributed by atoms with Crippen molar-refractivity contribution in [1.82, 2.24) is 15.2 Å². The molecule has 1 aromatic heterocycles. The number of aryl methyl sites for hydroxylation is 1. The van der Waals surface area contributed by atoms with Crippen LogP contribution in [-0.2, 0) is 0 Å². The van der Waals surface area contributed by atoms with Gasteiger partial charge in [0.05, 0.1) is 5.69 Å². The van der Waals surface area contributed by atoms with E-state index in [-0.39, 0.29) is 5.75 Å². The second kappa shape index (κ2) is 4.28. The predicted octanol–water partition coefficient (Wildman–Crippen LogP) is 2.29. The Morgan fingerprint density at radius 1 is 1.38 bits per heavy atom. The van der Waals surface area contributed by atoms with Gasteiger partial charge in [-0.15, -0.1) is 0 Å². The Balaban J connectivity index is 2.38. The number of nitrogens with one attached hydrogen (secondary N) is 2. The number of para-hydroxylation sites is 2. The first-order valence-corrected chi connectivity index (χ1v) is 5.06. The third-order valence-corrected chi connectivity index (χ3v) is 2.21. The maximum Gasteiger partial charge on any atom is 0.215 e. The predicted molar refractivity (Wildman–Crippen MR) is 63.3 cm³/mol. The lowest BCUT2D eigenvalue weighted by molar-refractivity contribution is 0.477. The highest BCUT2D eigenvalue weighted by Crippen LogP contribution is 2.25. The average molecular weight is 234 g/mol. The van der Waals surface area contributed by atoms with E-state index < -0.39 is 0 Å². The molecule has 0 fully saturated rings. The van der Waals surface area contributed by atoms with Crippen LogP contribution in [-0.4, -0.2) is 20.3 Å². The zero-order valence-electron chi connectivity index (χ0n) is 8.56. The first-order chi connectivity index (χ1) is 7.66. The van der Waals surface area contributed by atoms with E-state index in [1.54, 1.807) is 25.1 Å². The van der Waals surface area contributed by atoms with Crippen LogP contribution in [0.25, 0.3) is 0 Å². The highest BCUT2D eigenvalue weighted by molar-refractivity contribution is 7.71. The van der Waals surface area contributed by atoms with Crippen LogP contribution in [0.2, 0.25) is 0 Å². The number of aromatic amines is 1. The van der Waals surface area contributed by atoms with Crippen molar-refractivity contribution in [3.05, 3.63) is 34.7 Å². The first-order valence-electron chi connectivity index (χ1n) is 4.65. The number of H-pyrrole nitrogens is 1. The van der Waals surface area contributed by atoms with E-state index in [0.29, 0.717) is 22.0 Å². The molecule has 0 spiro atoms. The van der Waals surface area contributed by atoms with Crippen molar-refractivity contribution in [2.24, 2.45) is 0 Å². The summed E-state index contributed by atoms with van der Waals surface area (Å²) in [6.07, 6.45) is 0. The highest BCUT2D eigenvalue weighted by atomic mass is 32.1. The molecule has 1 heterocycles. The molecule has 0 amide bonds. The number of hydrogen-bond acceptors (Lipinski definition) is 5. The number of rotatable bonds is 2. The van der Waals surface area contributed by atoms with Gasteiger partial charge in [0.1, 0.15) is 11.4 Å². The lowest BCUT2D eigenvalue weighted by Gasteiger charge is -2.08. The van der Waals surface area contributed by atoms with Crippen molar-refractivity contribution in [3.8, 4) is 5.75 Å². The SMILES string of the molecule is Cc1n[nH]c(=S)nc1Nc1ccccc1O. The largest absolute Gasteiger partial charge is 0.506 e. The molecule has 0 radical (unpaired) electrons. The molecule has 0 atom stereocenters.